The average Bonchev–Trinajstić information content (AvgIpc) is 3.07. The second-order valence-electron chi connectivity index (χ2n) is 14.9. The summed E-state index contributed by atoms with van der Waals surface area (Å²) < 4.78 is 0. The molecular weight excluding hydrogens is 582 g/mol. The van der Waals surface area contributed by atoms with Crippen molar-refractivity contribution in [2.75, 3.05) is 6.61 Å². The van der Waals surface area contributed by atoms with E-state index in [0.717, 1.165) is 38.5 Å². The SMILES string of the molecule is CCCCCCCCCCCCCCCCCCCCCCCCCC(=O)NC(CO)C(O)C(O)CCCCCCCCCCCC. The molecule has 0 aromatic rings. The van der Waals surface area contributed by atoms with Gasteiger partial charge in [0.1, 0.15) is 6.10 Å². The molecule has 3 atom stereocenters. The van der Waals surface area contributed by atoms with Gasteiger partial charge < -0.3 is 20.6 Å². The van der Waals surface area contributed by atoms with Gasteiger partial charge in [-0.1, -0.05) is 219 Å². The normalized spacial score (nSPS) is 13.6. The molecule has 0 aliphatic heterocycles. The maximum absolute atomic E-state index is 12.4. The molecule has 1 amide bonds. The summed E-state index contributed by atoms with van der Waals surface area (Å²) >= 11 is 0. The number of hydrogen-bond donors (Lipinski definition) is 4. The highest BCUT2D eigenvalue weighted by Gasteiger charge is 2.26. The number of aliphatic hydroxyl groups is 3. The quantitative estimate of drug-likeness (QED) is 0.0491. The van der Waals surface area contributed by atoms with Crippen LogP contribution >= 0.6 is 0 Å². The number of aliphatic hydroxyl groups excluding tert-OH is 3. The number of amides is 1. The summed E-state index contributed by atoms with van der Waals surface area (Å²) in [5.41, 5.74) is 0. The highest BCUT2D eigenvalue weighted by atomic mass is 16.3. The minimum absolute atomic E-state index is 0.141. The summed E-state index contributed by atoms with van der Waals surface area (Å²) in [5.74, 6) is -0.141. The van der Waals surface area contributed by atoms with E-state index in [2.05, 4.69) is 19.2 Å². The zero-order valence-electron chi connectivity index (χ0n) is 31.9. The summed E-state index contributed by atoms with van der Waals surface area (Å²) in [7, 11) is 0. The topological polar surface area (TPSA) is 89.8 Å². The lowest BCUT2D eigenvalue weighted by atomic mass is 9.99. The van der Waals surface area contributed by atoms with Gasteiger partial charge in [-0.25, -0.2) is 0 Å². The van der Waals surface area contributed by atoms with Crippen LogP contribution in [0.4, 0.5) is 0 Å². The Labute approximate surface area is 294 Å². The third-order valence-corrected chi connectivity index (χ3v) is 10.2. The Balaban J connectivity index is 3.52. The Morgan fingerprint density at radius 1 is 0.447 bits per heavy atom. The molecule has 0 bridgehead atoms. The van der Waals surface area contributed by atoms with Crippen LogP contribution in [0.2, 0.25) is 0 Å². The Morgan fingerprint density at radius 3 is 1.02 bits per heavy atom. The molecule has 5 heteroatoms. The number of hydrogen-bond acceptors (Lipinski definition) is 4. The van der Waals surface area contributed by atoms with Gasteiger partial charge in [0.25, 0.3) is 0 Å². The highest BCUT2D eigenvalue weighted by molar-refractivity contribution is 5.76. The van der Waals surface area contributed by atoms with Crippen molar-refractivity contribution in [3.8, 4) is 0 Å². The standard InChI is InChI=1S/C42H85NO4/c1-3-5-7-9-11-13-15-16-17-18-19-20-21-22-23-24-25-26-27-29-31-33-35-37-41(46)43-39(38-44)42(47)40(45)36-34-32-30-28-14-12-10-8-6-4-2/h39-40,42,44-45,47H,3-38H2,1-2H3,(H,43,46). The predicted molar refractivity (Wildman–Crippen MR) is 204 cm³/mol. The average molecular weight is 668 g/mol. The molecular formula is C42H85NO4. The van der Waals surface area contributed by atoms with E-state index in [1.807, 2.05) is 0 Å². The lowest BCUT2D eigenvalue weighted by Gasteiger charge is -2.26. The van der Waals surface area contributed by atoms with Crippen molar-refractivity contribution in [3.05, 3.63) is 0 Å². The van der Waals surface area contributed by atoms with E-state index in [1.165, 1.54) is 173 Å². The van der Waals surface area contributed by atoms with Crippen LogP contribution in [0.25, 0.3) is 0 Å². The van der Waals surface area contributed by atoms with Gasteiger partial charge in [0.2, 0.25) is 5.91 Å². The first-order chi connectivity index (χ1) is 23.1. The summed E-state index contributed by atoms with van der Waals surface area (Å²) in [6, 6.07) is -0.801. The first-order valence-corrected chi connectivity index (χ1v) is 21.3. The largest absolute Gasteiger partial charge is 0.394 e. The van der Waals surface area contributed by atoms with Crippen molar-refractivity contribution in [3.63, 3.8) is 0 Å². The van der Waals surface area contributed by atoms with E-state index < -0.39 is 18.2 Å². The molecule has 0 rings (SSSR count). The first-order valence-electron chi connectivity index (χ1n) is 21.3. The number of rotatable bonds is 39. The van der Waals surface area contributed by atoms with E-state index in [1.54, 1.807) is 0 Å². The van der Waals surface area contributed by atoms with Crippen LogP contribution in [0.5, 0.6) is 0 Å². The number of nitrogens with one attached hydrogen (secondary N) is 1. The Bertz CT molecular complexity index is 615. The van der Waals surface area contributed by atoms with E-state index >= 15 is 0 Å². The van der Waals surface area contributed by atoms with Gasteiger partial charge in [0.05, 0.1) is 18.8 Å². The lowest BCUT2D eigenvalue weighted by Crippen LogP contribution is -2.50. The maximum atomic E-state index is 12.4. The van der Waals surface area contributed by atoms with Crippen LogP contribution in [0, 0.1) is 0 Å². The van der Waals surface area contributed by atoms with E-state index in [-0.39, 0.29) is 12.5 Å². The van der Waals surface area contributed by atoms with E-state index in [9.17, 15) is 20.1 Å². The molecule has 0 saturated heterocycles. The summed E-state index contributed by atoms with van der Waals surface area (Å²) in [6.07, 6.45) is 42.2. The molecule has 5 nitrogen and oxygen atoms in total. The molecule has 0 radical (unpaired) electrons. The van der Waals surface area contributed by atoms with Crippen molar-refractivity contribution in [1.29, 1.82) is 0 Å². The third-order valence-electron chi connectivity index (χ3n) is 10.2. The molecule has 0 aromatic carbocycles. The van der Waals surface area contributed by atoms with Gasteiger partial charge in [-0.2, -0.15) is 0 Å². The number of carbonyl (C=O) groups excluding carboxylic acids is 1. The lowest BCUT2D eigenvalue weighted by molar-refractivity contribution is -0.124. The van der Waals surface area contributed by atoms with Crippen LogP contribution in [-0.2, 0) is 4.79 Å². The molecule has 0 aliphatic rings. The van der Waals surface area contributed by atoms with Crippen LogP contribution in [-0.4, -0.2) is 46.1 Å². The van der Waals surface area contributed by atoms with Crippen molar-refractivity contribution < 1.29 is 20.1 Å². The Kier molecular flexibility index (Phi) is 37.6. The molecule has 4 N–H and O–H groups in total. The monoisotopic (exact) mass is 668 g/mol. The second-order valence-corrected chi connectivity index (χ2v) is 14.9. The molecule has 3 unspecified atom stereocenters. The van der Waals surface area contributed by atoms with E-state index in [4.69, 9.17) is 0 Å². The molecule has 0 aliphatic carbocycles. The van der Waals surface area contributed by atoms with Gasteiger partial charge >= 0.3 is 0 Å². The summed E-state index contributed by atoms with van der Waals surface area (Å²) in [6.45, 7) is 4.17. The minimum atomic E-state index is -1.13. The molecule has 47 heavy (non-hydrogen) atoms. The van der Waals surface area contributed by atoms with Gasteiger partial charge in [0.15, 0.2) is 0 Å². The summed E-state index contributed by atoms with van der Waals surface area (Å²) in [5, 5.41) is 33.4. The number of unbranched alkanes of at least 4 members (excludes halogenated alkanes) is 31. The van der Waals surface area contributed by atoms with Crippen molar-refractivity contribution in [2.24, 2.45) is 0 Å². The van der Waals surface area contributed by atoms with Gasteiger partial charge in [-0.3, -0.25) is 4.79 Å². The van der Waals surface area contributed by atoms with Crippen LogP contribution < -0.4 is 5.32 Å². The Hall–Kier alpha value is -0.650. The predicted octanol–water partition coefficient (Wildman–Crippen LogP) is 11.9. The third kappa shape index (κ3) is 33.6. The summed E-state index contributed by atoms with van der Waals surface area (Å²) in [4.78, 5) is 12.4. The molecule has 0 fully saturated rings. The minimum Gasteiger partial charge on any atom is -0.394 e. The fourth-order valence-electron chi connectivity index (χ4n) is 6.87. The molecule has 0 saturated carbocycles. The van der Waals surface area contributed by atoms with Crippen molar-refractivity contribution in [2.45, 2.75) is 257 Å². The van der Waals surface area contributed by atoms with Crippen LogP contribution in [0.1, 0.15) is 239 Å². The molecule has 0 spiro atoms. The fraction of sp³-hybridized carbons (Fsp3) is 0.976. The second kappa shape index (κ2) is 38.2. The first kappa shape index (κ1) is 46.4. The van der Waals surface area contributed by atoms with Gasteiger partial charge in [0, 0.05) is 6.42 Å². The smallest absolute Gasteiger partial charge is 0.220 e. The maximum Gasteiger partial charge on any atom is 0.220 e. The van der Waals surface area contributed by atoms with E-state index in [0.29, 0.717) is 12.8 Å². The van der Waals surface area contributed by atoms with Gasteiger partial charge in [-0.15, -0.1) is 0 Å². The molecule has 0 aromatic heterocycles. The van der Waals surface area contributed by atoms with Crippen LogP contribution in [0.15, 0.2) is 0 Å². The van der Waals surface area contributed by atoms with Gasteiger partial charge in [-0.05, 0) is 12.8 Å². The zero-order valence-corrected chi connectivity index (χ0v) is 31.9. The molecule has 282 valence electrons. The number of carbonyl (C=O) groups is 1. The molecule has 0 heterocycles. The zero-order chi connectivity index (χ0) is 34.5. The fourth-order valence-corrected chi connectivity index (χ4v) is 6.87. The van der Waals surface area contributed by atoms with Crippen LogP contribution in [0.3, 0.4) is 0 Å². The highest BCUT2D eigenvalue weighted by Crippen LogP contribution is 2.17. The Morgan fingerprint density at radius 2 is 0.723 bits per heavy atom. The van der Waals surface area contributed by atoms with Crippen molar-refractivity contribution >= 4 is 5.91 Å². The van der Waals surface area contributed by atoms with Crippen molar-refractivity contribution in [1.82, 2.24) is 5.32 Å².